The van der Waals surface area contributed by atoms with Crippen LogP contribution in [0, 0.1) is 0 Å². The molecule has 1 aliphatic heterocycles. The molecule has 4 heteroatoms. The minimum absolute atomic E-state index is 0.305. The molecule has 2 aromatic rings. The molecular formula is C14H17N3O. The molecule has 0 spiro atoms. The van der Waals surface area contributed by atoms with E-state index in [-0.39, 0.29) is 0 Å². The summed E-state index contributed by atoms with van der Waals surface area (Å²) in [6, 6.07) is 7.83. The summed E-state index contributed by atoms with van der Waals surface area (Å²) in [6.07, 6.45) is 4.15. The van der Waals surface area contributed by atoms with Gasteiger partial charge in [0.1, 0.15) is 17.4 Å². The predicted octanol–water partition coefficient (Wildman–Crippen LogP) is 2.47. The number of aryl methyl sites for hydroxylation is 1. The Balaban J connectivity index is 1.92. The summed E-state index contributed by atoms with van der Waals surface area (Å²) in [5, 5.41) is 18.1. The second-order valence-corrected chi connectivity index (χ2v) is 4.99. The lowest BCUT2D eigenvalue weighted by Crippen LogP contribution is -2.17. The molecule has 0 radical (unpaired) electrons. The lowest BCUT2D eigenvalue weighted by atomic mass is 10.0. The van der Waals surface area contributed by atoms with Crippen LogP contribution in [0.4, 0.5) is 0 Å². The highest BCUT2D eigenvalue weighted by Gasteiger charge is 2.21. The van der Waals surface area contributed by atoms with Crippen LogP contribution in [-0.2, 0) is 12.8 Å². The third-order valence-corrected chi connectivity index (χ3v) is 3.57. The number of aromatic hydroxyl groups is 1. The third-order valence-electron chi connectivity index (χ3n) is 3.57. The van der Waals surface area contributed by atoms with Crippen LogP contribution in [0.25, 0.3) is 0 Å². The maximum absolute atomic E-state index is 9.49. The van der Waals surface area contributed by atoms with Crippen molar-refractivity contribution in [2.45, 2.75) is 38.6 Å². The molecule has 3 rings (SSSR count). The minimum Gasteiger partial charge on any atom is -0.508 e. The third kappa shape index (κ3) is 1.98. The van der Waals surface area contributed by atoms with Gasteiger partial charge in [-0.1, -0.05) is 12.1 Å². The fourth-order valence-corrected chi connectivity index (χ4v) is 2.69. The van der Waals surface area contributed by atoms with Crippen LogP contribution in [0.1, 0.15) is 43.0 Å². The molecule has 0 bridgehead atoms. The van der Waals surface area contributed by atoms with Crippen LogP contribution in [0.3, 0.4) is 0 Å². The van der Waals surface area contributed by atoms with E-state index in [0.29, 0.717) is 11.8 Å². The highest BCUT2D eigenvalue weighted by molar-refractivity contribution is 5.29. The van der Waals surface area contributed by atoms with E-state index in [9.17, 15) is 5.11 Å². The molecule has 4 nitrogen and oxygen atoms in total. The highest BCUT2D eigenvalue weighted by atomic mass is 16.3. The Morgan fingerprint density at radius 2 is 2.28 bits per heavy atom. The first-order chi connectivity index (χ1) is 8.74. The van der Waals surface area contributed by atoms with Crippen molar-refractivity contribution in [3.63, 3.8) is 0 Å². The van der Waals surface area contributed by atoms with Crippen molar-refractivity contribution in [1.82, 2.24) is 14.8 Å². The summed E-state index contributed by atoms with van der Waals surface area (Å²) < 4.78 is 2.26. The molecule has 0 saturated carbocycles. The molecule has 1 aromatic heterocycles. The highest BCUT2D eigenvalue weighted by Crippen LogP contribution is 2.25. The van der Waals surface area contributed by atoms with Crippen LogP contribution in [0.5, 0.6) is 5.75 Å². The van der Waals surface area contributed by atoms with Crippen LogP contribution in [0.15, 0.2) is 24.3 Å². The van der Waals surface area contributed by atoms with E-state index in [1.807, 2.05) is 12.1 Å². The van der Waals surface area contributed by atoms with E-state index in [0.717, 1.165) is 30.1 Å². The number of aromatic nitrogens is 3. The molecule has 1 N–H and O–H groups in total. The van der Waals surface area contributed by atoms with E-state index in [1.165, 1.54) is 12.8 Å². The van der Waals surface area contributed by atoms with Crippen molar-refractivity contribution in [3.05, 3.63) is 41.5 Å². The quantitative estimate of drug-likeness (QED) is 0.881. The van der Waals surface area contributed by atoms with Gasteiger partial charge in [0.05, 0.1) is 0 Å². The Morgan fingerprint density at radius 3 is 3.11 bits per heavy atom. The second kappa shape index (κ2) is 4.44. The maximum atomic E-state index is 9.49. The van der Waals surface area contributed by atoms with Crippen LogP contribution in [-0.4, -0.2) is 19.9 Å². The average molecular weight is 243 g/mol. The van der Waals surface area contributed by atoms with Crippen molar-refractivity contribution in [2.24, 2.45) is 0 Å². The molecule has 1 unspecified atom stereocenters. The zero-order valence-electron chi connectivity index (χ0n) is 10.5. The van der Waals surface area contributed by atoms with Crippen molar-refractivity contribution in [2.75, 3.05) is 0 Å². The minimum atomic E-state index is 0.305. The number of benzene rings is 1. The van der Waals surface area contributed by atoms with E-state index < -0.39 is 0 Å². The van der Waals surface area contributed by atoms with E-state index in [1.54, 1.807) is 12.1 Å². The van der Waals surface area contributed by atoms with Crippen molar-refractivity contribution in [3.8, 4) is 5.75 Å². The Hall–Kier alpha value is -1.84. The number of hydrogen-bond donors (Lipinski definition) is 1. The first-order valence-corrected chi connectivity index (χ1v) is 6.44. The molecule has 94 valence electrons. The lowest BCUT2D eigenvalue weighted by Gasteiger charge is -2.22. The molecule has 0 saturated heterocycles. The van der Waals surface area contributed by atoms with E-state index >= 15 is 0 Å². The van der Waals surface area contributed by atoms with Gasteiger partial charge in [-0.15, -0.1) is 10.2 Å². The fourth-order valence-electron chi connectivity index (χ4n) is 2.69. The second-order valence-electron chi connectivity index (χ2n) is 4.99. The van der Waals surface area contributed by atoms with Gasteiger partial charge >= 0.3 is 0 Å². The van der Waals surface area contributed by atoms with Crippen LogP contribution in [0.2, 0.25) is 0 Å². The molecular weight excluding hydrogens is 226 g/mol. The monoisotopic (exact) mass is 243 g/mol. The van der Waals surface area contributed by atoms with E-state index in [4.69, 9.17) is 0 Å². The summed E-state index contributed by atoms with van der Waals surface area (Å²) in [7, 11) is 0. The molecule has 0 amide bonds. The van der Waals surface area contributed by atoms with Gasteiger partial charge < -0.3 is 9.67 Å². The summed E-state index contributed by atoms with van der Waals surface area (Å²) >= 11 is 0. The molecule has 1 aromatic carbocycles. The SMILES string of the molecule is CC1CCCc2nnc(Cc3cccc(O)c3)n21. The van der Waals surface area contributed by atoms with Crippen molar-refractivity contribution < 1.29 is 5.11 Å². The number of nitrogens with zero attached hydrogens (tertiary/aromatic N) is 3. The fraction of sp³-hybridized carbons (Fsp3) is 0.429. The number of phenolic OH excluding ortho intramolecular Hbond substituents is 1. The Morgan fingerprint density at radius 1 is 1.39 bits per heavy atom. The molecule has 0 fully saturated rings. The van der Waals surface area contributed by atoms with Gasteiger partial charge in [0.25, 0.3) is 0 Å². The molecule has 18 heavy (non-hydrogen) atoms. The lowest BCUT2D eigenvalue weighted by molar-refractivity contribution is 0.416. The first-order valence-electron chi connectivity index (χ1n) is 6.44. The predicted molar refractivity (Wildman–Crippen MR) is 68.6 cm³/mol. The Kier molecular flexibility index (Phi) is 2.78. The van der Waals surface area contributed by atoms with Crippen LogP contribution < -0.4 is 0 Å². The number of rotatable bonds is 2. The molecule has 1 aliphatic rings. The zero-order valence-corrected chi connectivity index (χ0v) is 10.5. The summed E-state index contributed by atoms with van der Waals surface area (Å²) in [6.45, 7) is 2.22. The van der Waals surface area contributed by atoms with Gasteiger partial charge in [0.15, 0.2) is 0 Å². The average Bonchev–Trinajstić information content (AvgIpc) is 2.74. The van der Waals surface area contributed by atoms with Gasteiger partial charge in [-0.2, -0.15) is 0 Å². The zero-order chi connectivity index (χ0) is 12.5. The molecule has 0 aliphatic carbocycles. The Bertz CT molecular complexity index is 562. The molecule has 1 atom stereocenters. The normalized spacial score (nSPS) is 18.6. The summed E-state index contributed by atoms with van der Waals surface area (Å²) in [5.41, 5.74) is 1.07. The van der Waals surface area contributed by atoms with Gasteiger partial charge in [-0.3, -0.25) is 0 Å². The first kappa shape index (κ1) is 11.3. The standard InChI is InChI=1S/C14H17N3O/c1-10-4-2-7-13-15-16-14(17(10)13)9-11-5-3-6-12(18)8-11/h3,5-6,8,10,18H,2,4,7,9H2,1H3. The number of phenols is 1. The summed E-state index contributed by atoms with van der Waals surface area (Å²) in [5.74, 6) is 2.41. The molecule has 2 heterocycles. The number of hydrogen-bond acceptors (Lipinski definition) is 3. The van der Waals surface area contributed by atoms with E-state index in [2.05, 4.69) is 21.7 Å². The van der Waals surface area contributed by atoms with Crippen LogP contribution >= 0.6 is 0 Å². The topological polar surface area (TPSA) is 50.9 Å². The maximum Gasteiger partial charge on any atom is 0.137 e. The Labute approximate surface area is 106 Å². The van der Waals surface area contributed by atoms with Gasteiger partial charge in [0.2, 0.25) is 0 Å². The van der Waals surface area contributed by atoms with Gasteiger partial charge in [-0.25, -0.2) is 0 Å². The van der Waals surface area contributed by atoms with Crippen molar-refractivity contribution in [1.29, 1.82) is 0 Å². The largest absolute Gasteiger partial charge is 0.508 e. The van der Waals surface area contributed by atoms with Crippen molar-refractivity contribution >= 4 is 0 Å². The smallest absolute Gasteiger partial charge is 0.137 e. The summed E-state index contributed by atoms with van der Waals surface area (Å²) in [4.78, 5) is 0. The number of fused-ring (bicyclic) bond motifs is 1. The van der Waals surface area contributed by atoms with Gasteiger partial charge in [-0.05, 0) is 37.5 Å². The van der Waals surface area contributed by atoms with Gasteiger partial charge in [0, 0.05) is 18.9 Å².